The lowest BCUT2D eigenvalue weighted by Gasteiger charge is -2.08. The summed E-state index contributed by atoms with van der Waals surface area (Å²) in [4.78, 5) is 17.8. The predicted molar refractivity (Wildman–Crippen MR) is 127 cm³/mol. The van der Waals surface area contributed by atoms with Gasteiger partial charge < -0.3 is 4.84 Å². The molecular formula is C23H14Cl5NO2. The first-order chi connectivity index (χ1) is 14.8. The van der Waals surface area contributed by atoms with Gasteiger partial charge in [-0.3, -0.25) is 0 Å². The van der Waals surface area contributed by atoms with Gasteiger partial charge in [0.1, 0.15) is 0 Å². The fourth-order valence-corrected chi connectivity index (χ4v) is 4.34. The highest BCUT2D eigenvalue weighted by molar-refractivity contribution is 6.42. The summed E-state index contributed by atoms with van der Waals surface area (Å²) in [5.74, 6) is -0.462. The summed E-state index contributed by atoms with van der Waals surface area (Å²) in [5.41, 5.74) is 2.68. The second kappa shape index (κ2) is 9.40. The molecule has 31 heavy (non-hydrogen) atoms. The van der Waals surface area contributed by atoms with Gasteiger partial charge in [-0.25, -0.2) is 4.79 Å². The summed E-state index contributed by atoms with van der Waals surface area (Å²) in [6.07, 6.45) is 0.813. The zero-order chi connectivity index (χ0) is 22.1. The minimum atomic E-state index is -0.633. The number of halogens is 5. The van der Waals surface area contributed by atoms with Crippen LogP contribution in [-0.2, 0) is 4.84 Å². The van der Waals surface area contributed by atoms with Crippen molar-refractivity contribution in [2.75, 3.05) is 0 Å². The van der Waals surface area contributed by atoms with Crippen LogP contribution < -0.4 is 0 Å². The monoisotopic (exact) mass is 511 g/mol. The van der Waals surface area contributed by atoms with E-state index < -0.39 is 5.97 Å². The highest BCUT2D eigenvalue weighted by atomic mass is 35.5. The van der Waals surface area contributed by atoms with Crippen molar-refractivity contribution in [2.45, 2.75) is 12.3 Å². The minimum absolute atomic E-state index is 0.0291. The maximum absolute atomic E-state index is 12.5. The zero-order valence-corrected chi connectivity index (χ0v) is 19.6. The SMILES string of the molecule is O=C(O/N=C(/c1ccc(Cl)cc1)[C@H]1C[C@@H]1c1ccc(Cl)cc1Cl)c1ccc(Cl)c(Cl)c1. The number of carbonyl (C=O) groups excluding carboxylic acids is 1. The quantitative estimate of drug-likeness (QED) is 0.195. The molecule has 1 aliphatic rings. The average molecular weight is 514 g/mol. The van der Waals surface area contributed by atoms with E-state index in [9.17, 15) is 4.79 Å². The fraction of sp³-hybridized carbons (Fsp3) is 0.130. The lowest BCUT2D eigenvalue weighted by molar-refractivity contribution is 0.0515. The molecule has 3 aromatic carbocycles. The standard InChI is InChI=1S/C23H14Cl5NO2/c24-14-4-1-12(2-5-14)22(18-11-17(18)16-7-6-15(25)10-20(16)27)29-31-23(30)13-3-8-19(26)21(28)9-13/h1-10,17-18H,11H2/b29-22-/t17-,18+/m1/s1. The highest BCUT2D eigenvalue weighted by Gasteiger charge is 2.44. The summed E-state index contributed by atoms with van der Waals surface area (Å²) in [7, 11) is 0. The van der Waals surface area contributed by atoms with Gasteiger partial charge in [-0.15, -0.1) is 0 Å². The molecule has 3 nitrogen and oxygen atoms in total. The van der Waals surface area contributed by atoms with Crippen molar-refractivity contribution in [1.82, 2.24) is 0 Å². The normalized spacial score (nSPS) is 18.0. The molecule has 158 valence electrons. The number of rotatable bonds is 5. The first-order valence-electron chi connectivity index (χ1n) is 9.28. The topological polar surface area (TPSA) is 38.7 Å². The second-order valence-corrected chi connectivity index (χ2v) is 9.20. The van der Waals surface area contributed by atoms with Crippen LogP contribution >= 0.6 is 58.0 Å². The molecule has 0 amide bonds. The van der Waals surface area contributed by atoms with E-state index >= 15 is 0 Å². The largest absolute Gasteiger partial charge is 0.365 e. The molecule has 1 fully saturated rings. The molecule has 1 saturated carbocycles. The predicted octanol–water partition coefficient (Wildman–Crippen LogP) is 8.32. The first kappa shape index (κ1) is 22.4. The number of oxime groups is 1. The van der Waals surface area contributed by atoms with Crippen LogP contribution in [0.1, 0.15) is 33.8 Å². The van der Waals surface area contributed by atoms with E-state index in [0.29, 0.717) is 25.8 Å². The summed E-state index contributed by atoms with van der Waals surface area (Å²) < 4.78 is 0. The Bertz CT molecular complexity index is 1180. The molecule has 3 aromatic rings. The Labute approximate surface area is 204 Å². The van der Waals surface area contributed by atoms with Gasteiger partial charge >= 0.3 is 5.97 Å². The average Bonchev–Trinajstić information content (AvgIpc) is 3.51. The molecule has 0 heterocycles. The number of nitrogens with zero attached hydrogens (tertiary/aromatic N) is 1. The van der Waals surface area contributed by atoms with Crippen molar-refractivity contribution in [1.29, 1.82) is 0 Å². The molecule has 8 heteroatoms. The molecule has 0 aliphatic heterocycles. The Morgan fingerprint density at radius 2 is 1.45 bits per heavy atom. The van der Waals surface area contributed by atoms with Gasteiger partial charge in [0.15, 0.2) is 0 Å². The Morgan fingerprint density at radius 3 is 2.13 bits per heavy atom. The van der Waals surface area contributed by atoms with Gasteiger partial charge in [-0.05, 0) is 65.9 Å². The van der Waals surface area contributed by atoms with Crippen molar-refractivity contribution in [2.24, 2.45) is 11.1 Å². The van der Waals surface area contributed by atoms with Gasteiger partial charge in [0.05, 0.1) is 21.3 Å². The van der Waals surface area contributed by atoms with E-state index in [1.807, 2.05) is 24.3 Å². The smallest absolute Gasteiger partial charge is 0.313 e. The van der Waals surface area contributed by atoms with Crippen LogP contribution in [0.15, 0.2) is 65.8 Å². The Hall–Kier alpha value is -1.75. The van der Waals surface area contributed by atoms with Crippen LogP contribution in [0.2, 0.25) is 25.1 Å². The van der Waals surface area contributed by atoms with Crippen molar-refractivity contribution in [3.8, 4) is 0 Å². The van der Waals surface area contributed by atoms with Gasteiger partial charge in [0.2, 0.25) is 0 Å². The maximum Gasteiger partial charge on any atom is 0.365 e. The van der Waals surface area contributed by atoms with Crippen LogP contribution in [0.25, 0.3) is 0 Å². The highest BCUT2D eigenvalue weighted by Crippen LogP contribution is 2.51. The van der Waals surface area contributed by atoms with Crippen LogP contribution in [0, 0.1) is 5.92 Å². The van der Waals surface area contributed by atoms with Gasteiger partial charge in [0, 0.05) is 21.0 Å². The van der Waals surface area contributed by atoms with Gasteiger partial charge in [0.25, 0.3) is 0 Å². The lowest BCUT2D eigenvalue weighted by Crippen LogP contribution is -2.09. The van der Waals surface area contributed by atoms with E-state index in [-0.39, 0.29) is 22.4 Å². The molecule has 0 bridgehead atoms. The number of carbonyl (C=O) groups is 1. The molecule has 1 aliphatic carbocycles. The van der Waals surface area contributed by atoms with Crippen LogP contribution in [0.5, 0.6) is 0 Å². The summed E-state index contributed by atoms with van der Waals surface area (Å²) in [5, 5.41) is 6.61. The number of hydrogen-bond acceptors (Lipinski definition) is 3. The van der Waals surface area contributed by atoms with Crippen molar-refractivity contribution in [3.05, 3.63) is 102 Å². The third-order valence-corrected chi connectivity index (χ3v) is 6.58. The second-order valence-electron chi connectivity index (χ2n) is 7.11. The lowest BCUT2D eigenvalue weighted by atomic mass is 10.0. The third kappa shape index (κ3) is 5.19. The first-order valence-corrected chi connectivity index (χ1v) is 11.2. The Kier molecular flexibility index (Phi) is 6.80. The van der Waals surface area contributed by atoms with Crippen molar-refractivity contribution < 1.29 is 9.63 Å². The van der Waals surface area contributed by atoms with Crippen LogP contribution in [0.4, 0.5) is 0 Å². The molecule has 0 saturated heterocycles. The van der Waals surface area contributed by atoms with Gasteiger partial charge in [-0.1, -0.05) is 81.4 Å². The van der Waals surface area contributed by atoms with Gasteiger partial charge in [-0.2, -0.15) is 0 Å². The Balaban J connectivity index is 1.61. The van der Waals surface area contributed by atoms with E-state index in [4.69, 9.17) is 62.8 Å². The van der Waals surface area contributed by atoms with Crippen molar-refractivity contribution in [3.63, 3.8) is 0 Å². The molecule has 0 unspecified atom stereocenters. The Morgan fingerprint density at radius 1 is 0.774 bits per heavy atom. The van der Waals surface area contributed by atoms with E-state index in [0.717, 1.165) is 17.5 Å². The summed E-state index contributed by atoms with van der Waals surface area (Å²) >= 11 is 30.3. The fourth-order valence-electron chi connectivity index (χ4n) is 3.36. The van der Waals surface area contributed by atoms with E-state index in [2.05, 4.69) is 5.16 Å². The van der Waals surface area contributed by atoms with E-state index in [1.165, 1.54) is 18.2 Å². The molecule has 0 radical (unpaired) electrons. The summed E-state index contributed by atoms with van der Waals surface area (Å²) in [6.45, 7) is 0. The summed E-state index contributed by atoms with van der Waals surface area (Å²) in [6, 6.07) is 17.2. The van der Waals surface area contributed by atoms with E-state index in [1.54, 1.807) is 18.2 Å². The molecule has 0 aromatic heterocycles. The zero-order valence-electron chi connectivity index (χ0n) is 15.8. The molecule has 0 N–H and O–H groups in total. The maximum atomic E-state index is 12.5. The number of hydrogen-bond donors (Lipinski definition) is 0. The molecule has 4 rings (SSSR count). The molecular weight excluding hydrogens is 500 g/mol. The molecule has 0 spiro atoms. The van der Waals surface area contributed by atoms with Crippen molar-refractivity contribution >= 4 is 69.7 Å². The number of benzene rings is 3. The van der Waals surface area contributed by atoms with Crippen LogP contribution in [0.3, 0.4) is 0 Å². The van der Waals surface area contributed by atoms with Crippen LogP contribution in [-0.4, -0.2) is 11.7 Å². The third-order valence-electron chi connectivity index (χ3n) is 5.03. The minimum Gasteiger partial charge on any atom is -0.313 e. The molecule has 2 atom stereocenters.